The summed E-state index contributed by atoms with van der Waals surface area (Å²) in [5, 5.41) is 5.00. The Balaban J connectivity index is 1.83. The Bertz CT molecular complexity index is 910. The molecule has 2 amide bonds. The summed E-state index contributed by atoms with van der Waals surface area (Å²) in [6, 6.07) is 6.08. The first kappa shape index (κ1) is 21.4. The molecule has 1 aromatic carbocycles. The number of furan rings is 1. The summed E-state index contributed by atoms with van der Waals surface area (Å²) in [5.74, 6) is -0.847. The number of sulfonamides is 1. The summed E-state index contributed by atoms with van der Waals surface area (Å²) in [4.78, 5) is 23.1. The van der Waals surface area contributed by atoms with Crippen molar-refractivity contribution in [2.24, 2.45) is 0 Å². The van der Waals surface area contributed by atoms with Crippen LogP contribution in [0.2, 0.25) is 0 Å². The number of benzene rings is 1. The summed E-state index contributed by atoms with van der Waals surface area (Å²) in [6.45, 7) is -1.62. The molecule has 0 fully saturated rings. The normalized spacial score (nSPS) is 11.8. The molecule has 0 aliphatic heterocycles. The number of nitrogens with one attached hydrogen (secondary N) is 3. The van der Waals surface area contributed by atoms with Crippen molar-refractivity contribution in [3.8, 4) is 0 Å². The van der Waals surface area contributed by atoms with Crippen LogP contribution in [-0.4, -0.2) is 39.5 Å². The second-order valence-corrected chi connectivity index (χ2v) is 7.30. The van der Waals surface area contributed by atoms with E-state index in [1.165, 1.54) is 35.4 Å². The lowest BCUT2D eigenvalue weighted by Gasteiger charge is -2.10. The van der Waals surface area contributed by atoms with Crippen molar-refractivity contribution in [2.45, 2.75) is 17.5 Å². The number of rotatable bonds is 8. The van der Waals surface area contributed by atoms with E-state index in [9.17, 15) is 31.2 Å². The number of anilines is 1. The van der Waals surface area contributed by atoms with Crippen LogP contribution in [-0.2, 0) is 14.8 Å². The largest absolute Gasteiger partial charge is 0.472 e. The molecule has 0 unspecified atom stereocenters. The van der Waals surface area contributed by atoms with Gasteiger partial charge in [-0.2, -0.15) is 13.2 Å². The molecule has 0 radical (unpaired) electrons. The lowest BCUT2D eigenvalue weighted by molar-refractivity contribution is -0.121. The van der Waals surface area contributed by atoms with Gasteiger partial charge in [0, 0.05) is 18.7 Å². The minimum Gasteiger partial charge on any atom is -0.472 e. The molecule has 28 heavy (non-hydrogen) atoms. The van der Waals surface area contributed by atoms with Crippen molar-refractivity contribution in [1.82, 2.24) is 10.0 Å². The van der Waals surface area contributed by atoms with Gasteiger partial charge in [0.25, 0.3) is 5.91 Å². The molecule has 1 aromatic heterocycles. The highest BCUT2D eigenvalue weighted by Gasteiger charge is 2.30. The van der Waals surface area contributed by atoms with Gasteiger partial charge >= 0.3 is 6.18 Å². The topological polar surface area (TPSA) is 118 Å². The van der Waals surface area contributed by atoms with E-state index in [0.717, 1.165) is 12.1 Å². The van der Waals surface area contributed by atoms with Crippen molar-refractivity contribution in [1.29, 1.82) is 0 Å². The van der Waals surface area contributed by atoms with Crippen LogP contribution < -0.4 is 15.4 Å². The van der Waals surface area contributed by atoms with E-state index in [2.05, 4.69) is 10.6 Å². The second-order valence-electron chi connectivity index (χ2n) is 5.53. The first-order chi connectivity index (χ1) is 13.1. The molecule has 0 bridgehead atoms. The fourth-order valence-corrected chi connectivity index (χ4v) is 3.00. The Morgan fingerprint density at radius 3 is 2.32 bits per heavy atom. The average Bonchev–Trinajstić information content (AvgIpc) is 3.15. The van der Waals surface area contributed by atoms with E-state index in [0.29, 0.717) is 5.56 Å². The van der Waals surface area contributed by atoms with Gasteiger partial charge in [-0.05, 0) is 30.3 Å². The summed E-state index contributed by atoms with van der Waals surface area (Å²) < 4.78 is 66.1. The van der Waals surface area contributed by atoms with E-state index in [1.807, 2.05) is 0 Å². The van der Waals surface area contributed by atoms with Gasteiger partial charge in [0.2, 0.25) is 15.9 Å². The van der Waals surface area contributed by atoms with Crippen molar-refractivity contribution in [3.05, 3.63) is 48.4 Å². The Morgan fingerprint density at radius 2 is 1.75 bits per heavy atom. The van der Waals surface area contributed by atoms with Crippen LogP contribution in [0.1, 0.15) is 16.8 Å². The van der Waals surface area contributed by atoms with Crippen LogP contribution in [0.25, 0.3) is 0 Å². The monoisotopic (exact) mass is 419 g/mol. The first-order valence-corrected chi connectivity index (χ1v) is 9.32. The van der Waals surface area contributed by atoms with Crippen molar-refractivity contribution in [3.63, 3.8) is 0 Å². The van der Waals surface area contributed by atoms with Crippen LogP contribution in [0.5, 0.6) is 0 Å². The molecule has 0 saturated carbocycles. The lowest BCUT2D eigenvalue weighted by Crippen LogP contribution is -2.33. The van der Waals surface area contributed by atoms with Crippen molar-refractivity contribution in [2.75, 3.05) is 18.4 Å². The van der Waals surface area contributed by atoms with Gasteiger partial charge in [-0.1, -0.05) is 0 Å². The van der Waals surface area contributed by atoms with E-state index in [1.54, 1.807) is 0 Å². The third kappa shape index (κ3) is 6.70. The Kier molecular flexibility index (Phi) is 6.80. The Morgan fingerprint density at radius 1 is 1.07 bits per heavy atom. The van der Waals surface area contributed by atoms with Crippen LogP contribution in [0.4, 0.5) is 18.9 Å². The van der Waals surface area contributed by atoms with Crippen LogP contribution in [0, 0.1) is 0 Å². The van der Waals surface area contributed by atoms with Crippen LogP contribution >= 0.6 is 0 Å². The number of halogens is 3. The van der Waals surface area contributed by atoms with Gasteiger partial charge in [0.05, 0.1) is 16.7 Å². The maximum Gasteiger partial charge on any atom is 0.402 e. The molecule has 152 valence electrons. The Hall–Kier alpha value is -2.86. The predicted molar refractivity (Wildman–Crippen MR) is 92.0 cm³/mol. The molecule has 8 nitrogen and oxygen atoms in total. The fraction of sp³-hybridized carbons (Fsp3) is 0.250. The third-order valence-electron chi connectivity index (χ3n) is 3.33. The van der Waals surface area contributed by atoms with E-state index in [-0.39, 0.29) is 23.5 Å². The highest BCUT2D eigenvalue weighted by Crippen LogP contribution is 2.17. The van der Waals surface area contributed by atoms with Gasteiger partial charge in [0.1, 0.15) is 12.8 Å². The van der Waals surface area contributed by atoms with Gasteiger partial charge in [0.15, 0.2) is 0 Å². The molecule has 0 atom stereocenters. The van der Waals surface area contributed by atoms with Gasteiger partial charge in [-0.3, -0.25) is 9.59 Å². The third-order valence-corrected chi connectivity index (χ3v) is 4.75. The maximum atomic E-state index is 12.1. The molecule has 12 heteroatoms. The molecule has 2 aromatic rings. The van der Waals surface area contributed by atoms with Crippen molar-refractivity contribution >= 4 is 27.5 Å². The molecule has 0 aliphatic rings. The molecular formula is C16H16F3N3O5S. The molecule has 3 N–H and O–H groups in total. The molecule has 2 rings (SSSR count). The molecule has 1 heterocycles. The highest BCUT2D eigenvalue weighted by molar-refractivity contribution is 7.89. The number of amides is 2. The predicted octanol–water partition coefficient (Wildman–Crippen LogP) is 1.88. The van der Waals surface area contributed by atoms with Crippen LogP contribution in [0.3, 0.4) is 0 Å². The summed E-state index contributed by atoms with van der Waals surface area (Å²) >= 11 is 0. The first-order valence-electron chi connectivity index (χ1n) is 7.83. The maximum absolute atomic E-state index is 12.1. The van der Waals surface area contributed by atoms with Crippen LogP contribution in [0.15, 0.2) is 52.2 Å². The van der Waals surface area contributed by atoms with E-state index in [4.69, 9.17) is 4.42 Å². The molecule has 0 saturated heterocycles. The highest BCUT2D eigenvalue weighted by atomic mass is 32.2. The molecule has 0 aliphatic carbocycles. The summed E-state index contributed by atoms with van der Waals surface area (Å²) in [6.07, 6.45) is -2.12. The standard InChI is InChI=1S/C16H16F3N3O5S/c17-16(18,19)10-21-28(25,26)13-3-1-12(2-4-13)22-14(23)5-7-20-15(24)11-6-8-27-9-11/h1-4,6,8-9,21H,5,7,10H2,(H,20,24)(H,22,23). The quantitative estimate of drug-likeness (QED) is 0.604. The number of carbonyl (C=O) groups is 2. The zero-order valence-corrected chi connectivity index (χ0v) is 15.1. The number of hydrogen-bond donors (Lipinski definition) is 3. The Labute approximate surface area is 158 Å². The zero-order valence-electron chi connectivity index (χ0n) is 14.2. The van der Waals surface area contributed by atoms with Gasteiger partial charge < -0.3 is 15.1 Å². The van der Waals surface area contributed by atoms with Gasteiger partial charge in [-0.15, -0.1) is 0 Å². The van der Waals surface area contributed by atoms with Crippen molar-refractivity contribution < 1.29 is 35.6 Å². The second kappa shape index (κ2) is 8.89. The van der Waals surface area contributed by atoms with E-state index >= 15 is 0 Å². The molecule has 0 spiro atoms. The summed E-state index contributed by atoms with van der Waals surface area (Å²) in [5.41, 5.74) is 0.567. The van der Waals surface area contributed by atoms with E-state index < -0.39 is 34.6 Å². The number of carbonyl (C=O) groups excluding carboxylic acids is 2. The SMILES string of the molecule is O=C(CCNC(=O)c1ccoc1)Nc1ccc(S(=O)(=O)NCC(F)(F)F)cc1. The smallest absolute Gasteiger partial charge is 0.402 e. The molecular weight excluding hydrogens is 403 g/mol. The number of alkyl halides is 3. The minimum atomic E-state index is -4.67. The number of hydrogen-bond acceptors (Lipinski definition) is 5. The minimum absolute atomic E-state index is 0.0449. The average molecular weight is 419 g/mol. The fourth-order valence-electron chi connectivity index (χ4n) is 1.99. The lowest BCUT2D eigenvalue weighted by atomic mass is 10.3. The zero-order chi connectivity index (χ0) is 20.8. The van der Waals surface area contributed by atoms with Gasteiger partial charge in [-0.25, -0.2) is 13.1 Å². The summed E-state index contributed by atoms with van der Waals surface area (Å²) in [7, 11) is -4.32.